The Bertz CT molecular complexity index is 1580. The van der Waals surface area contributed by atoms with E-state index >= 15 is 0 Å². The first-order valence-corrected chi connectivity index (χ1v) is 13.5. The first-order valence-electron chi connectivity index (χ1n) is 12.7. The van der Waals surface area contributed by atoms with Gasteiger partial charge in [-0.3, -0.25) is 25.3 Å². The van der Waals surface area contributed by atoms with Gasteiger partial charge in [-0.1, -0.05) is 32.0 Å². The van der Waals surface area contributed by atoms with Crippen molar-refractivity contribution >= 4 is 45.3 Å². The van der Waals surface area contributed by atoms with E-state index in [4.69, 9.17) is 25.5 Å². The normalized spacial score (nSPS) is 16.4. The van der Waals surface area contributed by atoms with Crippen LogP contribution in [0.15, 0.2) is 42.5 Å². The van der Waals surface area contributed by atoms with Gasteiger partial charge in [-0.05, 0) is 36.9 Å². The third-order valence-electron chi connectivity index (χ3n) is 7.13. The van der Waals surface area contributed by atoms with E-state index in [1.54, 1.807) is 39.2 Å². The number of benzene rings is 1. The number of nitrogens with one attached hydrogen (secondary N) is 2. The number of aromatic nitrogens is 2. The average molecular weight is 558 g/mol. The third-order valence-corrected chi connectivity index (χ3v) is 7.81. The summed E-state index contributed by atoms with van der Waals surface area (Å²) in [5, 5.41) is 16.7. The van der Waals surface area contributed by atoms with E-state index in [2.05, 4.69) is 0 Å². The minimum atomic E-state index is -0.957. The van der Waals surface area contributed by atoms with Crippen molar-refractivity contribution in [1.29, 1.82) is 10.8 Å². The van der Waals surface area contributed by atoms with Crippen molar-refractivity contribution in [3.8, 4) is 23.0 Å². The topological polar surface area (TPSA) is 127 Å². The molecule has 5 rings (SSSR count). The fourth-order valence-electron chi connectivity index (χ4n) is 5.13. The highest BCUT2D eigenvalue weighted by molar-refractivity contribution is 8.26. The van der Waals surface area contributed by atoms with Crippen LogP contribution in [0.4, 0.5) is 11.5 Å². The van der Waals surface area contributed by atoms with Crippen LogP contribution in [0, 0.1) is 16.2 Å². The summed E-state index contributed by atoms with van der Waals surface area (Å²) in [6, 6.07) is 12.9. The van der Waals surface area contributed by atoms with Crippen molar-refractivity contribution in [1.82, 2.24) is 14.9 Å². The van der Waals surface area contributed by atoms with Crippen LogP contribution in [0.25, 0.3) is 11.3 Å². The molecular weight excluding hydrogens is 526 g/mol. The molecule has 0 spiro atoms. The zero-order chi connectivity index (χ0) is 29.1. The molecule has 1 atom stereocenters. The van der Waals surface area contributed by atoms with Crippen LogP contribution in [0.1, 0.15) is 48.2 Å². The van der Waals surface area contributed by atoms with Gasteiger partial charge in [0.05, 0.1) is 21.8 Å². The number of fused-ring (bicyclic) bond motifs is 2. The van der Waals surface area contributed by atoms with Gasteiger partial charge in [-0.25, -0.2) is 4.98 Å². The lowest BCUT2D eigenvalue weighted by molar-refractivity contribution is -0.126. The van der Waals surface area contributed by atoms with Gasteiger partial charge in [-0.2, -0.15) is 4.98 Å². The molecule has 1 aromatic carbocycles. The molecule has 0 radical (unpaired) electrons. The second-order valence-corrected chi connectivity index (χ2v) is 12.0. The molecule has 4 heterocycles. The number of pyridine rings is 2. The quantitative estimate of drug-likeness (QED) is 0.335. The van der Waals surface area contributed by atoms with Gasteiger partial charge in [0.1, 0.15) is 5.82 Å². The van der Waals surface area contributed by atoms with Crippen LogP contribution < -0.4 is 14.5 Å². The summed E-state index contributed by atoms with van der Waals surface area (Å²) >= 11 is 0.926. The lowest BCUT2D eigenvalue weighted by atomic mass is 9.67. The van der Waals surface area contributed by atoms with Crippen molar-refractivity contribution in [2.45, 2.75) is 26.7 Å². The summed E-state index contributed by atoms with van der Waals surface area (Å²) < 4.78 is 6.34. The molecule has 40 heavy (non-hydrogen) atoms. The van der Waals surface area contributed by atoms with Crippen LogP contribution >= 0.6 is 11.8 Å². The summed E-state index contributed by atoms with van der Waals surface area (Å²) in [5.41, 5.74) is 3.11. The molecule has 2 aromatic heterocycles. The van der Waals surface area contributed by atoms with Gasteiger partial charge in [0.2, 0.25) is 17.7 Å². The molecule has 2 aliphatic heterocycles. The van der Waals surface area contributed by atoms with E-state index in [0.717, 1.165) is 28.5 Å². The molecule has 206 valence electrons. The molecule has 0 bridgehead atoms. The monoisotopic (exact) mass is 557 g/mol. The molecule has 11 heteroatoms. The van der Waals surface area contributed by atoms with Crippen molar-refractivity contribution in [3.63, 3.8) is 0 Å². The second-order valence-electron chi connectivity index (χ2n) is 10.8. The number of hydrogen-bond donors (Lipinski definition) is 2. The fourth-order valence-corrected chi connectivity index (χ4v) is 5.70. The van der Waals surface area contributed by atoms with E-state index in [9.17, 15) is 9.59 Å². The Balaban J connectivity index is 1.64. The lowest BCUT2D eigenvalue weighted by Crippen LogP contribution is -2.51. The Hall–Kier alpha value is -4.25. The molecule has 10 nitrogen and oxygen atoms in total. The largest absolute Gasteiger partial charge is 0.420 e. The number of rotatable bonds is 3. The lowest BCUT2D eigenvalue weighted by Gasteiger charge is -2.46. The third kappa shape index (κ3) is 4.40. The maximum atomic E-state index is 14.0. The van der Waals surface area contributed by atoms with Gasteiger partial charge in [-0.15, -0.1) is 0 Å². The van der Waals surface area contributed by atoms with Gasteiger partial charge in [0, 0.05) is 62.4 Å². The number of ether oxygens (including phenoxy) is 1. The number of carbonyl (C=O) groups excluding carboxylic acids is 2. The highest BCUT2D eigenvalue weighted by atomic mass is 32.2. The maximum Gasteiger partial charge on any atom is 0.253 e. The Morgan fingerprint density at radius 3 is 2.30 bits per heavy atom. The van der Waals surface area contributed by atoms with E-state index in [-0.39, 0.29) is 22.0 Å². The first-order chi connectivity index (χ1) is 18.8. The number of hydrogen-bond acceptors (Lipinski definition) is 9. The Morgan fingerprint density at radius 2 is 1.70 bits per heavy atom. The summed E-state index contributed by atoms with van der Waals surface area (Å²) in [5.74, 6) is 0.536. The highest BCUT2D eigenvalue weighted by Gasteiger charge is 2.53. The smallest absolute Gasteiger partial charge is 0.253 e. The Labute approximate surface area is 237 Å². The number of nitrogens with zero attached hydrogens (tertiary/aromatic N) is 5. The number of thioether (sulfide) groups is 1. The Kier molecular flexibility index (Phi) is 6.65. The highest BCUT2D eigenvalue weighted by Crippen LogP contribution is 2.58. The molecule has 0 fully saturated rings. The molecule has 2 N–H and O–H groups in total. The molecule has 2 aliphatic rings. The van der Waals surface area contributed by atoms with E-state index < -0.39 is 11.3 Å². The zero-order valence-electron chi connectivity index (χ0n) is 23.5. The number of anilines is 2. The van der Waals surface area contributed by atoms with Gasteiger partial charge < -0.3 is 14.5 Å². The van der Waals surface area contributed by atoms with Crippen molar-refractivity contribution < 1.29 is 14.3 Å². The molecule has 3 aromatic rings. The summed E-state index contributed by atoms with van der Waals surface area (Å²) in [7, 11) is 7.12. The van der Waals surface area contributed by atoms with Gasteiger partial charge in [0.15, 0.2) is 5.17 Å². The van der Waals surface area contributed by atoms with Crippen molar-refractivity contribution in [2.75, 3.05) is 38.0 Å². The molecule has 0 saturated carbocycles. The maximum absolute atomic E-state index is 14.0. The Morgan fingerprint density at radius 1 is 1.02 bits per heavy atom. The van der Waals surface area contributed by atoms with E-state index in [1.807, 2.05) is 57.1 Å². The SMILES string of the molecule is CC(=N)SC(=N)N1C(=O)C(C)(C)C2c3ccc(-c4ccc(C(=O)N(C)C)cc4)nc3Oc3nc(N(C)C)cc1c32. The second kappa shape index (κ2) is 9.74. The van der Waals surface area contributed by atoms with Crippen LogP contribution in [-0.4, -0.2) is 65.1 Å². The molecule has 0 saturated heterocycles. The van der Waals surface area contributed by atoms with Gasteiger partial charge in [0.25, 0.3) is 5.91 Å². The van der Waals surface area contributed by atoms with E-state index in [1.165, 1.54) is 9.80 Å². The fraction of sp³-hybridized carbons (Fsp3) is 0.310. The number of amidine groups is 1. The number of carbonyl (C=O) groups is 2. The van der Waals surface area contributed by atoms with Gasteiger partial charge >= 0.3 is 0 Å². The molecule has 1 unspecified atom stereocenters. The summed E-state index contributed by atoms with van der Waals surface area (Å²) in [6.07, 6.45) is 0. The van der Waals surface area contributed by atoms with Crippen LogP contribution in [-0.2, 0) is 4.79 Å². The minimum Gasteiger partial charge on any atom is -0.420 e. The summed E-state index contributed by atoms with van der Waals surface area (Å²) in [6.45, 7) is 5.31. The van der Waals surface area contributed by atoms with Crippen LogP contribution in [0.2, 0.25) is 0 Å². The van der Waals surface area contributed by atoms with Crippen molar-refractivity contribution in [3.05, 3.63) is 59.2 Å². The van der Waals surface area contributed by atoms with Crippen molar-refractivity contribution in [2.24, 2.45) is 5.41 Å². The summed E-state index contributed by atoms with van der Waals surface area (Å²) in [4.78, 5) is 40.6. The number of amides is 2. The van der Waals surface area contributed by atoms with Crippen LogP contribution in [0.3, 0.4) is 0 Å². The molecule has 0 aliphatic carbocycles. The molecule has 2 amide bonds. The zero-order valence-corrected chi connectivity index (χ0v) is 24.3. The minimum absolute atomic E-state index is 0.0439. The average Bonchev–Trinajstić information content (AvgIpc) is 2.89. The predicted molar refractivity (Wildman–Crippen MR) is 158 cm³/mol. The van der Waals surface area contributed by atoms with Crippen LogP contribution in [0.5, 0.6) is 11.8 Å². The first kappa shape index (κ1) is 27.3. The molecular formula is C29H31N7O3S. The standard InChI is InChI=1S/C29H31N7O3S/c1-15(30)40-28(31)36-20-14-21(34(4)5)33-25-22(20)23(29(2,3)27(36)38)18-12-13-19(32-24(18)39-25)16-8-10-17(11-9-16)26(37)35(6)7/h8-14,23,30-31H,1-7H3. The van der Waals surface area contributed by atoms with E-state index in [0.29, 0.717) is 34.5 Å². The predicted octanol–water partition coefficient (Wildman–Crippen LogP) is 5.19.